The van der Waals surface area contributed by atoms with Gasteiger partial charge in [0, 0.05) is 13.5 Å². The van der Waals surface area contributed by atoms with Crippen molar-refractivity contribution in [2.45, 2.75) is 58.0 Å². The lowest BCUT2D eigenvalue weighted by molar-refractivity contribution is -0.272. The Bertz CT molecular complexity index is 639. The first-order chi connectivity index (χ1) is 12.8. The summed E-state index contributed by atoms with van der Waals surface area (Å²) in [5, 5.41) is 23.7. The topological polar surface area (TPSA) is 106 Å². The molecule has 1 aliphatic rings. The van der Waals surface area contributed by atoms with Crippen LogP contribution in [0.1, 0.15) is 26.3 Å². The maximum atomic E-state index is 11.1. The van der Waals surface area contributed by atoms with Gasteiger partial charge in [-0.15, -0.1) is 0 Å². The van der Waals surface area contributed by atoms with Gasteiger partial charge in [0.1, 0.15) is 18.0 Å². The number of esters is 1. The molecule has 150 valence electrons. The van der Waals surface area contributed by atoms with Gasteiger partial charge < -0.3 is 34.5 Å². The molecule has 27 heavy (non-hydrogen) atoms. The molecule has 0 aromatic heterocycles. The number of ether oxygens (including phenoxy) is 4. The van der Waals surface area contributed by atoms with E-state index in [4.69, 9.17) is 31.2 Å². The zero-order valence-corrected chi connectivity index (χ0v) is 16.3. The molecule has 1 aliphatic heterocycles. The van der Waals surface area contributed by atoms with Gasteiger partial charge in [-0.2, -0.15) is 0 Å². The molecule has 0 spiro atoms. The molecule has 8 nitrogen and oxygen atoms in total. The van der Waals surface area contributed by atoms with Gasteiger partial charge in [0.05, 0.1) is 12.7 Å². The van der Waals surface area contributed by atoms with Gasteiger partial charge in [-0.05, 0) is 43.8 Å². The molecule has 0 amide bonds. The van der Waals surface area contributed by atoms with E-state index in [0.717, 1.165) is 5.56 Å². The predicted molar refractivity (Wildman–Crippen MR) is 100 cm³/mol. The largest absolute Gasteiger partial charge is 0.471 e. The molecule has 0 radical (unpaired) electrons. The van der Waals surface area contributed by atoms with Crippen LogP contribution in [0.3, 0.4) is 0 Å². The Morgan fingerprint density at radius 3 is 2.52 bits per heavy atom. The molecule has 0 aliphatic carbocycles. The van der Waals surface area contributed by atoms with Crippen molar-refractivity contribution in [2.24, 2.45) is 0 Å². The van der Waals surface area contributed by atoms with E-state index < -0.39 is 36.7 Å². The Morgan fingerprint density at radius 2 is 1.93 bits per heavy atom. The van der Waals surface area contributed by atoms with E-state index in [2.05, 4.69) is 5.32 Å². The predicted octanol–water partition coefficient (Wildman–Crippen LogP) is 0.875. The highest BCUT2D eigenvalue weighted by Gasteiger charge is 2.45. The smallest absolute Gasteiger partial charge is 0.303 e. The molecule has 0 bridgehead atoms. The highest BCUT2D eigenvalue weighted by Crippen LogP contribution is 2.26. The number of nitrogens with one attached hydrogen (secondary N) is 1. The van der Waals surface area contributed by atoms with Crippen LogP contribution < -0.4 is 10.1 Å². The van der Waals surface area contributed by atoms with Crippen molar-refractivity contribution in [2.75, 3.05) is 6.61 Å². The molecule has 1 fully saturated rings. The summed E-state index contributed by atoms with van der Waals surface area (Å²) in [6.07, 6.45) is -5.36. The normalized spacial score (nSPS) is 27.5. The molecular weight excluding hydrogens is 374 g/mol. The standard InChI is InChI=1S/C18H25NO7S/c1-4-23-18(27)19-9-12-5-7-13(8-6-12)26-17-15(22)14(21)16(10(2)24-17)25-11(3)20/h5-8,10,14-17,21-22H,4,9H2,1-3H3,(H,19,27)/t10-,14-,15+,16-,17-/m0/s1. The molecule has 2 rings (SSSR count). The lowest BCUT2D eigenvalue weighted by Gasteiger charge is -2.40. The maximum Gasteiger partial charge on any atom is 0.303 e. The Labute approximate surface area is 163 Å². The van der Waals surface area contributed by atoms with Crippen LogP contribution in [-0.4, -0.2) is 58.7 Å². The summed E-state index contributed by atoms with van der Waals surface area (Å²) in [6.45, 7) is 5.72. The van der Waals surface area contributed by atoms with Crippen molar-refractivity contribution in [3.63, 3.8) is 0 Å². The SMILES string of the molecule is CCOC(=S)NCc1ccc(O[C@@H]2O[C@@H](C)[C@H](OC(C)=O)[C@@H](O)[C@H]2O)cc1. The number of aliphatic hydroxyl groups is 2. The molecule has 1 aromatic rings. The highest BCUT2D eigenvalue weighted by atomic mass is 32.1. The third-order valence-electron chi connectivity index (χ3n) is 3.97. The molecule has 0 saturated carbocycles. The van der Waals surface area contributed by atoms with E-state index in [-0.39, 0.29) is 0 Å². The molecule has 1 saturated heterocycles. The van der Waals surface area contributed by atoms with E-state index in [9.17, 15) is 15.0 Å². The van der Waals surface area contributed by atoms with E-state index >= 15 is 0 Å². The Kier molecular flexibility index (Phi) is 7.78. The summed E-state index contributed by atoms with van der Waals surface area (Å²) >= 11 is 5.00. The summed E-state index contributed by atoms with van der Waals surface area (Å²) in [5.41, 5.74) is 0.956. The first kappa shape index (κ1) is 21.4. The van der Waals surface area contributed by atoms with Gasteiger partial charge in [-0.25, -0.2) is 0 Å². The fourth-order valence-electron chi connectivity index (χ4n) is 2.63. The molecule has 1 aromatic carbocycles. The number of carbonyl (C=O) groups excluding carboxylic acids is 1. The quantitative estimate of drug-likeness (QED) is 0.475. The molecule has 3 N–H and O–H groups in total. The minimum atomic E-state index is -1.37. The van der Waals surface area contributed by atoms with Crippen molar-refractivity contribution >= 4 is 23.4 Å². The van der Waals surface area contributed by atoms with Gasteiger partial charge in [0.15, 0.2) is 6.10 Å². The van der Waals surface area contributed by atoms with Crippen LogP contribution in [0.5, 0.6) is 5.75 Å². The second-order valence-electron chi connectivity index (χ2n) is 6.10. The number of hydrogen-bond acceptors (Lipinski definition) is 8. The molecule has 9 heteroatoms. The number of thiocarbonyl (C=S) groups is 1. The van der Waals surface area contributed by atoms with E-state index in [1.54, 1.807) is 19.1 Å². The zero-order chi connectivity index (χ0) is 20.0. The molecule has 5 atom stereocenters. The second-order valence-corrected chi connectivity index (χ2v) is 6.47. The van der Waals surface area contributed by atoms with Crippen LogP contribution in [-0.2, 0) is 25.5 Å². The van der Waals surface area contributed by atoms with Crippen molar-refractivity contribution in [3.05, 3.63) is 29.8 Å². The molecule has 0 unspecified atom stereocenters. The van der Waals surface area contributed by atoms with Crippen LogP contribution in [0.25, 0.3) is 0 Å². The van der Waals surface area contributed by atoms with Crippen molar-refractivity contribution < 1.29 is 34.0 Å². The lowest BCUT2D eigenvalue weighted by Crippen LogP contribution is -2.59. The van der Waals surface area contributed by atoms with Crippen molar-refractivity contribution in [3.8, 4) is 5.75 Å². The summed E-state index contributed by atoms with van der Waals surface area (Å²) < 4.78 is 21.4. The fraction of sp³-hybridized carbons (Fsp3) is 0.556. The number of carbonyl (C=O) groups is 1. The van der Waals surface area contributed by atoms with Crippen LogP contribution in [0.2, 0.25) is 0 Å². The van der Waals surface area contributed by atoms with Crippen molar-refractivity contribution in [1.29, 1.82) is 0 Å². The van der Waals surface area contributed by atoms with E-state index in [1.165, 1.54) is 6.92 Å². The van der Waals surface area contributed by atoms with Crippen molar-refractivity contribution in [1.82, 2.24) is 5.32 Å². The lowest BCUT2D eigenvalue weighted by atomic mass is 9.99. The minimum absolute atomic E-state index is 0.335. The number of aliphatic hydroxyl groups excluding tert-OH is 2. The fourth-order valence-corrected chi connectivity index (χ4v) is 2.82. The molecule has 1 heterocycles. The first-order valence-electron chi connectivity index (χ1n) is 8.66. The summed E-state index contributed by atoms with van der Waals surface area (Å²) in [4.78, 5) is 11.1. The Hall–Kier alpha value is -1.94. The van der Waals surface area contributed by atoms with Gasteiger partial charge in [-0.1, -0.05) is 12.1 Å². The van der Waals surface area contributed by atoms with E-state index in [0.29, 0.717) is 24.1 Å². The van der Waals surface area contributed by atoms with Crippen LogP contribution in [0.15, 0.2) is 24.3 Å². The monoisotopic (exact) mass is 399 g/mol. The first-order valence-corrected chi connectivity index (χ1v) is 9.07. The Balaban J connectivity index is 1.93. The average Bonchev–Trinajstić information content (AvgIpc) is 2.62. The van der Waals surface area contributed by atoms with Crippen LogP contribution in [0, 0.1) is 0 Å². The number of benzene rings is 1. The number of hydrogen-bond donors (Lipinski definition) is 3. The van der Waals surface area contributed by atoms with Crippen LogP contribution in [0.4, 0.5) is 0 Å². The highest BCUT2D eigenvalue weighted by molar-refractivity contribution is 7.80. The third kappa shape index (κ3) is 6.03. The maximum absolute atomic E-state index is 11.1. The second kappa shape index (κ2) is 9.84. The van der Waals surface area contributed by atoms with Gasteiger partial charge in [0.2, 0.25) is 6.29 Å². The average molecular weight is 399 g/mol. The van der Waals surface area contributed by atoms with E-state index in [1.807, 2.05) is 19.1 Å². The molecular formula is C18H25NO7S. The van der Waals surface area contributed by atoms with Crippen LogP contribution >= 0.6 is 12.2 Å². The van der Waals surface area contributed by atoms with Gasteiger partial charge >= 0.3 is 5.97 Å². The zero-order valence-electron chi connectivity index (χ0n) is 15.5. The summed E-state index contributed by atoms with van der Waals surface area (Å²) in [6, 6.07) is 7.08. The third-order valence-corrected chi connectivity index (χ3v) is 4.23. The summed E-state index contributed by atoms with van der Waals surface area (Å²) in [7, 11) is 0. The Morgan fingerprint density at radius 1 is 1.26 bits per heavy atom. The minimum Gasteiger partial charge on any atom is -0.471 e. The summed E-state index contributed by atoms with van der Waals surface area (Å²) in [5.74, 6) is -0.102. The van der Waals surface area contributed by atoms with Gasteiger partial charge in [-0.3, -0.25) is 4.79 Å². The van der Waals surface area contributed by atoms with Gasteiger partial charge in [0.25, 0.3) is 5.17 Å². The number of rotatable bonds is 6.